The molecule has 2 N–H and O–H groups in total. The van der Waals surface area contributed by atoms with Crippen molar-refractivity contribution in [2.45, 2.75) is 13.0 Å². The summed E-state index contributed by atoms with van der Waals surface area (Å²) in [6.45, 7) is 2.07. The molecule has 1 atom stereocenters. The van der Waals surface area contributed by atoms with Crippen molar-refractivity contribution in [1.82, 2.24) is 9.88 Å². The number of carbonyl (C=O) groups is 1. The van der Waals surface area contributed by atoms with Gasteiger partial charge in [-0.1, -0.05) is 0 Å². The van der Waals surface area contributed by atoms with Gasteiger partial charge in [-0.05, 0) is 48.9 Å². The van der Waals surface area contributed by atoms with Crippen LogP contribution in [0.5, 0.6) is 17.2 Å². The number of aromatic nitrogens is 1. The zero-order valence-corrected chi connectivity index (χ0v) is 17.3. The van der Waals surface area contributed by atoms with Crippen LogP contribution in [0, 0.1) is 6.92 Å². The maximum Gasteiger partial charge on any atom is 0.251 e. The Kier molecular flexibility index (Phi) is 5.98. The number of aryl methyl sites for hydroxylation is 2. The van der Waals surface area contributed by atoms with Crippen molar-refractivity contribution in [2.24, 2.45) is 7.05 Å². The molecule has 0 saturated carbocycles. The van der Waals surface area contributed by atoms with E-state index in [1.165, 1.54) is 21.3 Å². The van der Waals surface area contributed by atoms with E-state index >= 15 is 0 Å². The summed E-state index contributed by atoms with van der Waals surface area (Å²) in [6, 6.07) is 10.9. The van der Waals surface area contributed by atoms with Gasteiger partial charge in [0, 0.05) is 35.8 Å². The van der Waals surface area contributed by atoms with Crippen LogP contribution in [0.15, 0.2) is 36.4 Å². The van der Waals surface area contributed by atoms with Crippen molar-refractivity contribution in [2.75, 3.05) is 27.9 Å². The molecule has 0 fully saturated rings. The van der Waals surface area contributed by atoms with Gasteiger partial charge in [-0.2, -0.15) is 0 Å². The first-order valence-electron chi connectivity index (χ1n) is 9.21. The van der Waals surface area contributed by atoms with Gasteiger partial charge in [0.25, 0.3) is 5.91 Å². The van der Waals surface area contributed by atoms with E-state index in [0.717, 1.165) is 16.6 Å². The molecule has 0 saturated heterocycles. The Morgan fingerprint density at radius 3 is 2.31 bits per heavy atom. The highest BCUT2D eigenvalue weighted by molar-refractivity contribution is 5.98. The van der Waals surface area contributed by atoms with Crippen molar-refractivity contribution in [1.29, 1.82) is 0 Å². The van der Waals surface area contributed by atoms with Crippen LogP contribution < -0.4 is 19.5 Å². The summed E-state index contributed by atoms with van der Waals surface area (Å²) in [4.78, 5) is 12.6. The van der Waals surface area contributed by atoms with Crippen LogP contribution in [0.25, 0.3) is 10.9 Å². The van der Waals surface area contributed by atoms with Gasteiger partial charge < -0.3 is 29.2 Å². The second-order valence-electron chi connectivity index (χ2n) is 6.80. The molecular weight excluding hydrogens is 372 g/mol. The van der Waals surface area contributed by atoms with Gasteiger partial charge in [-0.15, -0.1) is 0 Å². The Morgan fingerprint density at radius 2 is 1.72 bits per heavy atom. The van der Waals surface area contributed by atoms with Crippen molar-refractivity contribution < 1.29 is 24.1 Å². The topological polar surface area (TPSA) is 82.0 Å². The highest BCUT2D eigenvalue weighted by Gasteiger charge is 2.18. The molecule has 7 heteroatoms. The molecule has 0 radical (unpaired) electrons. The largest absolute Gasteiger partial charge is 0.493 e. The first kappa shape index (κ1) is 20.5. The Hall–Kier alpha value is -3.19. The minimum absolute atomic E-state index is 0.0450. The fraction of sp³-hybridized carbons (Fsp3) is 0.318. The molecule has 0 aliphatic carbocycles. The molecule has 29 heavy (non-hydrogen) atoms. The van der Waals surface area contributed by atoms with E-state index in [9.17, 15) is 9.90 Å². The molecule has 0 aliphatic heterocycles. The minimum Gasteiger partial charge on any atom is -0.493 e. The molecule has 1 amide bonds. The van der Waals surface area contributed by atoms with Crippen LogP contribution in [-0.4, -0.2) is 43.5 Å². The molecule has 1 unspecified atom stereocenters. The van der Waals surface area contributed by atoms with Gasteiger partial charge in [-0.3, -0.25) is 4.79 Å². The number of fused-ring (bicyclic) bond motifs is 1. The summed E-state index contributed by atoms with van der Waals surface area (Å²) in [5.74, 6) is 1.08. The van der Waals surface area contributed by atoms with Crippen molar-refractivity contribution >= 4 is 16.8 Å². The number of aliphatic hydroxyl groups is 1. The molecule has 0 spiro atoms. The predicted octanol–water partition coefficient (Wildman–Crippen LogP) is 2.98. The van der Waals surface area contributed by atoms with E-state index in [1.54, 1.807) is 18.2 Å². The van der Waals surface area contributed by atoms with E-state index in [0.29, 0.717) is 28.4 Å². The molecule has 154 valence electrons. The Bertz CT molecular complexity index is 1020. The summed E-state index contributed by atoms with van der Waals surface area (Å²) in [5.41, 5.74) is 3.28. The fourth-order valence-electron chi connectivity index (χ4n) is 3.33. The predicted molar refractivity (Wildman–Crippen MR) is 111 cm³/mol. The second kappa shape index (κ2) is 8.45. The lowest BCUT2D eigenvalue weighted by Crippen LogP contribution is -2.28. The summed E-state index contributed by atoms with van der Waals surface area (Å²) >= 11 is 0. The minimum atomic E-state index is -0.935. The van der Waals surface area contributed by atoms with E-state index < -0.39 is 6.10 Å². The molecule has 3 aromatic rings. The van der Waals surface area contributed by atoms with E-state index in [-0.39, 0.29) is 12.5 Å². The molecule has 3 rings (SSSR count). The number of ether oxygens (including phenoxy) is 3. The monoisotopic (exact) mass is 398 g/mol. The summed E-state index contributed by atoms with van der Waals surface area (Å²) in [5, 5.41) is 14.3. The second-order valence-corrected chi connectivity index (χ2v) is 6.80. The van der Waals surface area contributed by atoms with Crippen molar-refractivity contribution in [3.8, 4) is 17.2 Å². The van der Waals surface area contributed by atoms with Crippen LogP contribution in [0.1, 0.15) is 27.7 Å². The van der Waals surface area contributed by atoms with E-state index in [1.807, 2.05) is 32.2 Å². The molecule has 0 bridgehead atoms. The average Bonchev–Trinajstić information content (AvgIpc) is 3.03. The highest BCUT2D eigenvalue weighted by Crippen LogP contribution is 2.39. The summed E-state index contributed by atoms with van der Waals surface area (Å²) < 4.78 is 18.0. The average molecular weight is 398 g/mol. The number of methoxy groups -OCH3 is 3. The van der Waals surface area contributed by atoms with Crippen LogP contribution in [0.3, 0.4) is 0 Å². The van der Waals surface area contributed by atoms with E-state index in [4.69, 9.17) is 14.2 Å². The number of hydrogen-bond acceptors (Lipinski definition) is 5. The number of nitrogens with one attached hydrogen (secondary N) is 1. The van der Waals surface area contributed by atoms with Crippen LogP contribution in [-0.2, 0) is 7.05 Å². The highest BCUT2D eigenvalue weighted by atomic mass is 16.5. The Balaban J connectivity index is 1.75. The Labute approximate surface area is 169 Å². The summed E-state index contributed by atoms with van der Waals surface area (Å²) in [7, 11) is 6.53. The van der Waals surface area contributed by atoms with E-state index in [2.05, 4.69) is 9.88 Å². The third kappa shape index (κ3) is 4.00. The van der Waals surface area contributed by atoms with Gasteiger partial charge in [0.15, 0.2) is 11.5 Å². The van der Waals surface area contributed by atoms with Crippen LogP contribution in [0.2, 0.25) is 0 Å². The van der Waals surface area contributed by atoms with Gasteiger partial charge in [-0.25, -0.2) is 0 Å². The third-order valence-corrected chi connectivity index (χ3v) is 5.07. The normalized spacial score (nSPS) is 11.9. The van der Waals surface area contributed by atoms with Gasteiger partial charge in [0.1, 0.15) is 0 Å². The van der Waals surface area contributed by atoms with Gasteiger partial charge in [0.2, 0.25) is 5.75 Å². The lowest BCUT2D eigenvalue weighted by Gasteiger charge is -2.17. The van der Waals surface area contributed by atoms with Crippen molar-refractivity contribution in [3.05, 3.63) is 53.2 Å². The standard InChI is InChI=1S/C22H26N2O5/c1-13-8-15-9-14(6-7-17(15)24(13)2)22(26)23-12-18(25)16-10-19(27-3)21(29-5)20(11-16)28-4/h6-11,18,25H,12H2,1-5H3,(H,23,26). The molecule has 1 aromatic heterocycles. The number of carbonyl (C=O) groups excluding carboxylic acids is 1. The fourth-order valence-corrected chi connectivity index (χ4v) is 3.33. The van der Waals surface area contributed by atoms with Crippen LogP contribution >= 0.6 is 0 Å². The number of rotatable bonds is 7. The number of hydrogen-bond donors (Lipinski definition) is 2. The lowest BCUT2D eigenvalue weighted by atomic mass is 10.1. The SMILES string of the molecule is COc1cc(C(O)CNC(=O)c2ccc3c(c2)cc(C)n3C)cc(OC)c1OC. The zero-order valence-electron chi connectivity index (χ0n) is 17.3. The van der Waals surface area contributed by atoms with Crippen LogP contribution in [0.4, 0.5) is 0 Å². The first-order chi connectivity index (χ1) is 13.9. The number of amides is 1. The summed E-state index contributed by atoms with van der Waals surface area (Å²) in [6.07, 6.45) is -0.935. The quantitative estimate of drug-likeness (QED) is 0.639. The third-order valence-electron chi connectivity index (χ3n) is 5.07. The van der Waals surface area contributed by atoms with Gasteiger partial charge in [0.05, 0.1) is 27.4 Å². The number of aliphatic hydroxyl groups excluding tert-OH is 1. The molecule has 2 aromatic carbocycles. The zero-order chi connectivity index (χ0) is 21.1. The maximum absolute atomic E-state index is 12.6. The smallest absolute Gasteiger partial charge is 0.251 e. The number of benzene rings is 2. The molecule has 1 heterocycles. The molecule has 0 aliphatic rings. The Morgan fingerprint density at radius 1 is 1.07 bits per heavy atom. The van der Waals surface area contributed by atoms with Crippen molar-refractivity contribution in [3.63, 3.8) is 0 Å². The maximum atomic E-state index is 12.6. The molecular formula is C22H26N2O5. The van der Waals surface area contributed by atoms with Gasteiger partial charge >= 0.3 is 0 Å². The molecule has 7 nitrogen and oxygen atoms in total. The lowest BCUT2D eigenvalue weighted by molar-refractivity contribution is 0.0916. The number of nitrogens with zero attached hydrogens (tertiary/aromatic N) is 1. The first-order valence-corrected chi connectivity index (χ1v) is 9.21.